The van der Waals surface area contributed by atoms with Gasteiger partial charge in [-0.25, -0.2) is 9.37 Å². The Morgan fingerprint density at radius 2 is 2.23 bits per heavy atom. The number of rotatable bonds is 4. The van der Waals surface area contributed by atoms with Gasteiger partial charge in [0.15, 0.2) is 11.0 Å². The Balaban J connectivity index is 2.39. The molecule has 1 aromatic heterocycles. The molecule has 0 aliphatic rings. The zero-order valence-electron chi connectivity index (χ0n) is 12.2. The van der Waals surface area contributed by atoms with Crippen LogP contribution in [0.2, 0.25) is 5.15 Å². The first-order valence-corrected chi connectivity index (χ1v) is 7.11. The molecular formula is C16H14ClFN4. The van der Waals surface area contributed by atoms with Crippen molar-refractivity contribution in [3.63, 3.8) is 0 Å². The molecule has 22 heavy (non-hydrogen) atoms. The molecule has 0 unspecified atom stereocenters. The fourth-order valence-corrected chi connectivity index (χ4v) is 2.13. The first kappa shape index (κ1) is 15.9. The molecule has 0 bridgehead atoms. The summed E-state index contributed by atoms with van der Waals surface area (Å²) in [6, 6.07) is 8.57. The van der Waals surface area contributed by atoms with Crippen LogP contribution >= 0.6 is 11.6 Å². The molecule has 2 rings (SSSR count). The summed E-state index contributed by atoms with van der Waals surface area (Å²) in [5.74, 6) is -0.492. The van der Waals surface area contributed by atoms with Gasteiger partial charge in [0, 0.05) is 11.9 Å². The number of benzene rings is 1. The second kappa shape index (κ2) is 7.01. The van der Waals surface area contributed by atoms with Crippen LogP contribution in [0.3, 0.4) is 0 Å². The van der Waals surface area contributed by atoms with Crippen molar-refractivity contribution in [2.75, 3.05) is 5.32 Å². The minimum atomic E-state index is -0.717. The number of pyridine rings is 1. The number of nitrogens with zero attached hydrogens (tertiary/aromatic N) is 3. The smallest absolute Gasteiger partial charge is 0.167 e. The van der Waals surface area contributed by atoms with Crippen LogP contribution in [-0.4, -0.2) is 11.2 Å². The summed E-state index contributed by atoms with van der Waals surface area (Å²) in [6.45, 7) is 3.89. The summed E-state index contributed by atoms with van der Waals surface area (Å²) in [7, 11) is 0. The maximum atomic E-state index is 13.4. The molecule has 0 saturated carbocycles. The van der Waals surface area contributed by atoms with Crippen LogP contribution in [0.4, 0.5) is 21.6 Å². The van der Waals surface area contributed by atoms with Gasteiger partial charge in [0.05, 0.1) is 11.3 Å². The van der Waals surface area contributed by atoms with Gasteiger partial charge in [0.25, 0.3) is 0 Å². The SMILES string of the molecule is CC=Nc1ccc(Nc2nc(Cl)c(F)cc2C#N)cc1CC. The first-order chi connectivity index (χ1) is 10.6. The van der Waals surface area contributed by atoms with E-state index in [9.17, 15) is 4.39 Å². The van der Waals surface area contributed by atoms with Crippen LogP contribution in [0.25, 0.3) is 0 Å². The molecular weight excluding hydrogens is 303 g/mol. The highest BCUT2D eigenvalue weighted by molar-refractivity contribution is 6.29. The van der Waals surface area contributed by atoms with E-state index in [-0.39, 0.29) is 16.5 Å². The Hall–Kier alpha value is -2.45. The normalized spacial score (nSPS) is 10.7. The Bertz CT molecular complexity index is 765. The number of hydrogen-bond donors (Lipinski definition) is 1. The molecule has 0 fully saturated rings. The van der Waals surface area contributed by atoms with Crippen LogP contribution in [-0.2, 0) is 6.42 Å². The quantitative estimate of drug-likeness (QED) is 0.652. The van der Waals surface area contributed by atoms with Crippen molar-refractivity contribution in [3.8, 4) is 6.07 Å². The average molecular weight is 317 g/mol. The summed E-state index contributed by atoms with van der Waals surface area (Å²) >= 11 is 5.68. The predicted molar refractivity (Wildman–Crippen MR) is 86.8 cm³/mol. The third-order valence-corrected chi connectivity index (χ3v) is 3.31. The molecule has 1 aromatic carbocycles. The number of nitriles is 1. The van der Waals surface area contributed by atoms with Gasteiger partial charge in [0.1, 0.15) is 11.9 Å². The number of halogens is 2. The standard InChI is InChI=1S/C16H14ClFN4/c1-3-10-7-12(5-6-14(10)20-4-2)21-16-11(9-19)8-13(18)15(17)22-16/h4-8H,3H2,1-2H3,(H,21,22). The molecule has 112 valence electrons. The third-order valence-electron chi connectivity index (χ3n) is 3.04. The van der Waals surface area contributed by atoms with Crippen molar-refractivity contribution in [3.05, 3.63) is 46.4 Å². The van der Waals surface area contributed by atoms with E-state index in [1.807, 2.05) is 38.1 Å². The molecule has 0 saturated heterocycles. The molecule has 4 nitrogen and oxygen atoms in total. The lowest BCUT2D eigenvalue weighted by molar-refractivity contribution is 0.622. The number of aliphatic imine (C=N–C) groups is 1. The van der Waals surface area contributed by atoms with Crippen LogP contribution in [0.5, 0.6) is 0 Å². The number of aryl methyl sites for hydroxylation is 1. The van der Waals surface area contributed by atoms with E-state index in [0.717, 1.165) is 29.4 Å². The summed E-state index contributed by atoms with van der Waals surface area (Å²) in [6.07, 6.45) is 2.54. The Labute approximate surface area is 133 Å². The molecule has 0 aliphatic carbocycles. The molecule has 2 aromatic rings. The van der Waals surface area contributed by atoms with Crippen LogP contribution in [0, 0.1) is 17.1 Å². The van der Waals surface area contributed by atoms with E-state index in [1.54, 1.807) is 6.21 Å². The van der Waals surface area contributed by atoms with E-state index in [4.69, 9.17) is 16.9 Å². The van der Waals surface area contributed by atoms with Crippen molar-refractivity contribution >= 4 is 35.0 Å². The summed E-state index contributed by atoms with van der Waals surface area (Å²) in [5.41, 5.74) is 2.77. The average Bonchev–Trinajstić information content (AvgIpc) is 2.52. The predicted octanol–water partition coefficient (Wildman–Crippen LogP) is 4.77. The van der Waals surface area contributed by atoms with Gasteiger partial charge in [-0.2, -0.15) is 5.26 Å². The van der Waals surface area contributed by atoms with E-state index >= 15 is 0 Å². The number of nitrogens with one attached hydrogen (secondary N) is 1. The van der Waals surface area contributed by atoms with Gasteiger partial charge in [-0.15, -0.1) is 0 Å². The zero-order chi connectivity index (χ0) is 16.1. The fourth-order valence-electron chi connectivity index (χ4n) is 2.00. The molecule has 6 heteroatoms. The molecule has 0 aliphatic heterocycles. The Kier molecular flexibility index (Phi) is 5.08. The number of hydrogen-bond acceptors (Lipinski definition) is 4. The monoisotopic (exact) mass is 316 g/mol. The zero-order valence-corrected chi connectivity index (χ0v) is 12.9. The van der Waals surface area contributed by atoms with Crippen LogP contribution < -0.4 is 5.32 Å². The topological polar surface area (TPSA) is 61.1 Å². The van der Waals surface area contributed by atoms with Gasteiger partial charge in [0.2, 0.25) is 0 Å². The highest BCUT2D eigenvalue weighted by Gasteiger charge is 2.11. The number of aromatic nitrogens is 1. The van der Waals surface area contributed by atoms with Crippen LogP contribution in [0.1, 0.15) is 25.0 Å². The highest BCUT2D eigenvalue weighted by Crippen LogP contribution is 2.27. The molecule has 0 amide bonds. The fraction of sp³-hybridized carbons (Fsp3) is 0.188. The van der Waals surface area contributed by atoms with Gasteiger partial charge >= 0.3 is 0 Å². The molecule has 1 heterocycles. The minimum absolute atomic E-state index is 0.0932. The summed E-state index contributed by atoms with van der Waals surface area (Å²) in [5, 5.41) is 11.8. The van der Waals surface area contributed by atoms with Crippen LogP contribution in [0.15, 0.2) is 29.3 Å². The van der Waals surface area contributed by atoms with Crippen molar-refractivity contribution in [1.29, 1.82) is 5.26 Å². The van der Waals surface area contributed by atoms with E-state index < -0.39 is 5.82 Å². The van der Waals surface area contributed by atoms with Crippen molar-refractivity contribution < 1.29 is 4.39 Å². The minimum Gasteiger partial charge on any atom is -0.339 e. The lowest BCUT2D eigenvalue weighted by Crippen LogP contribution is -1.99. The summed E-state index contributed by atoms with van der Waals surface area (Å²) < 4.78 is 13.4. The van der Waals surface area contributed by atoms with Gasteiger partial charge in [-0.05, 0) is 43.2 Å². The second-order valence-electron chi connectivity index (χ2n) is 4.48. The third kappa shape index (κ3) is 3.41. The van der Waals surface area contributed by atoms with E-state index in [1.165, 1.54) is 0 Å². The number of anilines is 2. The van der Waals surface area contributed by atoms with Gasteiger partial charge in [-0.1, -0.05) is 18.5 Å². The molecule has 0 spiro atoms. The van der Waals surface area contributed by atoms with Gasteiger partial charge in [-0.3, -0.25) is 4.99 Å². The second-order valence-corrected chi connectivity index (χ2v) is 4.84. The lowest BCUT2D eigenvalue weighted by atomic mass is 10.1. The van der Waals surface area contributed by atoms with Crippen molar-refractivity contribution in [1.82, 2.24) is 4.98 Å². The highest BCUT2D eigenvalue weighted by atomic mass is 35.5. The summed E-state index contributed by atoms with van der Waals surface area (Å²) in [4.78, 5) is 8.17. The molecule has 0 radical (unpaired) electrons. The molecule has 1 N–H and O–H groups in total. The van der Waals surface area contributed by atoms with Gasteiger partial charge < -0.3 is 5.32 Å². The van der Waals surface area contributed by atoms with E-state index in [0.29, 0.717) is 0 Å². The van der Waals surface area contributed by atoms with E-state index in [2.05, 4.69) is 15.3 Å². The van der Waals surface area contributed by atoms with Crippen molar-refractivity contribution in [2.24, 2.45) is 4.99 Å². The lowest BCUT2D eigenvalue weighted by Gasteiger charge is -2.11. The largest absolute Gasteiger partial charge is 0.339 e. The maximum absolute atomic E-state index is 13.4. The maximum Gasteiger partial charge on any atom is 0.167 e. The van der Waals surface area contributed by atoms with Crippen molar-refractivity contribution in [2.45, 2.75) is 20.3 Å². The Morgan fingerprint density at radius 1 is 1.45 bits per heavy atom. The first-order valence-electron chi connectivity index (χ1n) is 6.73. The molecule has 0 atom stereocenters. The Morgan fingerprint density at radius 3 is 2.86 bits per heavy atom.